The van der Waals surface area contributed by atoms with Crippen molar-refractivity contribution in [1.29, 1.82) is 0 Å². The fourth-order valence-corrected chi connectivity index (χ4v) is 1.44. The van der Waals surface area contributed by atoms with Crippen LogP contribution in [-0.4, -0.2) is 4.92 Å². The lowest BCUT2D eigenvalue weighted by Crippen LogP contribution is -2.04. The first-order chi connectivity index (χ1) is 7.63. The number of allylic oxidation sites excluding steroid dienone is 2. The first kappa shape index (κ1) is 12.4. The van der Waals surface area contributed by atoms with Crippen LogP contribution in [0.3, 0.4) is 0 Å². The Bertz CT molecular complexity index is 371. The van der Waals surface area contributed by atoms with E-state index in [1.165, 1.54) is 0 Å². The van der Waals surface area contributed by atoms with E-state index < -0.39 is 0 Å². The Hall–Kier alpha value is -1.64. The van der Waals surface area contributed by atoms with Gasteiger partial charge in [0.2, 0.25) is 5.70 Å². The van der Waals surface area contributed by atoms with Crippen LogP contribution in [0.15, 0.2) is 42.1 Å². The minimum absolute atomic E-state index is 0.254. The average Bonchev–Trinajstić information content (AvgIpc) is 2.29. The zero-order valence-electron chi connectivity index (χ0n) is 9.72. The molecule has 16 heavy (non-hydrogen) atoms. The van der Waals surface area contributed by atoms with Crippen LogP contribution >= 0.6 is 0 Å². The van der Waals surface area contributed by atoms with Gasteiger partial charge in [0.15, 0.2) is 0 Å². The van der Waals surface area contributed by atoms with Crippen LogP contribution in [0.25, 0.3) is 0 Å². The fraction of sp³-hybridized carbons (Fsp3) is 0.385. The number of hydrogen-bond acceptors (Lipinski definition) is 2. The Morgan fingerprint density at radius 2 is 2.06 bits per heavy atom. The molecule has 0 spiro atoms. The average molecular weight is 219 g/mol. The van der Waals surface area contributed by atoms with Gasteiger partial charge in [-0.2, -0.15) is 0 Å². The van der Waals surface area contributed by atoms with Crippen LogP contribution in [-0.2, 0) is 6.42 Å². The summed E-state index contributed by atoms with van der Waals surface area (Å²) in [5, 5.41) is 10.9. The fourth-order valence-electron chi connectivity index (χ4n) is 1.44. The number of benzene rings is 1. The van der Waals surface area contributed by atoms with E-state index in [1.54, 1.807) is 6.08 Å². The van der Waals surface area contributed by atoms with E-state index in [1.807, 2.05) is 44.2 Å². The molecule has 3 heteroatoms. The number of rotatable bonds is 5. The van der Waals surface area contributed by atoms with E-state index in [0.717, 1.165) is 12.0 Å². The normalized spacial score (nSPS) is 13.5. The molecule has 0 saturated heterocycles. The molecule has 0 fully saturated rings. The summed E-state index contributed by atoms with van der Waals surface area (Å²) in [6.07, 6.45) is 3.08. The molecule has 0 heterocycles. The molecule has 3 nitrogen and oxygen atoms in total. The molecule has 0 aliphatic carbocycles. The molecule has 0 aliphatic heterocycles. The number of hydrogen-bond donors (Lipinski definition) is 0. The van der Waals surface area contributed by atoms with E-state index in [9.17, 15) is 10.1 Å². The van der Waals surface area contributed by atoms with E-state index >= 15 is 0 Å². The van der Waals surface area contributed by atoms with Crippen LogP contribution in [0.1, 0.15) is 25.8 Å². The highest BCUT2D eigenvalue weighted by atomic mass is 16.6. The maximum Gasteiger partial charge on any atom is 0.246 e. The molecule has 86 valence electrons. The molecule has 1 atom stereocenters. The first-order valence-corrected chi connectivity index (χ1v) is 5.52. The number of nitrogens with zero attached hydrogens (tertiary/aromatic N) is 1. The lowest BCUT2D eigenvalue weighted by molar-refractivity contribution is -0.427. The van der Waals surface area contributed by atoms with Crippen molar-refractivity contribution < 1.29 is 4.92 Å². The largest absolute Gasteiger partial charge is 0.259 e. The Balaban J connectivity index is 2.81. The van der Waals surface area contributed by atoms with Crippen molar-refractivity contribution in [1.82, 2.24) is 0 Å². The molecular formula is C13H17NO2. The van der Waals surface area contributed by atoms with Gasteiger partial charge in [0, 0.05) is 0 Å². The highest BCUT2D eigenvalue weighted by Crippen LogP contribution is 2.13. The van der Waals surface area contributed by atoms with Crippen molar-refractivity contribution in [3.8, 4) is 0 Å². The lowest BCUT2D eigenvalue weighted by Gasteiger charge is -2.03. The summed E-state index contributed by atoms with van der Waals surface area (Å²) in [5.74, 6) is 0.254. The third-order valence-corrected chi connectivity index (χ3v) is 2.58. The Morgan fingerprint density at radius 1 is 1.44 bits per heavy atom. The van der Waals surface area contributed by atoms with Crippen LogP contribution in [0.4, 0.5) is 0 Å². The highest BCUT2D eigenvalue weighted by molar-refractivity contribution is 5.19. The van der Waals surface area contributed by atoms with Crippen LogP contribution in [0.5, 0.6) is 0 Å². The minimum atomic E-state index is -0.279. The predicted octanol–water partition coefficient (Wildman–Crippen LogP) is 3.44. The van der Waals surface area contributed by atoms with Gasteiger partial charge in [-0.25, -0.2) is 0 Å². The maximum atomic E-state index is 10.9. The molecule has 1 aromatic rings. The van der Waals surface area contributed by atoms with Crippen molar-refractivity contribution in [2.45, 2.75) is 26.7 Å². The van der Waals surface area contributed by atoms with Crippen molar-refractivity contribution >= 4 is 0 Å². The smallest absolute Gasteiger partial charge is 0.246 e. The summed E-state index contributed by atoms with van der Waals surface area (Å²) in [5.41, 5.74) is 1.27. The summed E-state index contributed by atoms with van der Waals surface area (Å²) < 4.78 is 0. The maximum absolute atomic E-state index is 10.9. The van der Waals surface area contributed by atoms with Gasteiger partial charge in [0.1, 0.15) is 0 Å². The zero-order valence-corrected chi connectivity index (χ0v) is 9.72. The summed E-state index contributed by atoms with van der Waals surface area (Å²) in [6.45, 7) is 4.02. The second-order valence-corrected chi connectivity index (χ2v) is 3.96. The molecule has 0 saturated carbocycles. The van der Waals surface area contributed by atoms with E-state index in [-0.39, 0.29) is 10.8 Å². The Kier molecular flexibility index (Phi) is 4.70. The molecule has 0 amide bonds. The van der Waals surface area contributed by atoms with Crippen LogP contribution in [0, 0.1) is 16.0 Å². The van der Waals surface area contributed by atoms with Crippen molar-refractivity contribution in [3.05, 3.63) is 57.8 Å². The molecule has 0 bridgehead atoms. The summed E-state index contributed by atoms with van der Waals surface area (Å²) >= 11 is 0. The van der Waals surface area contributed by atoms with Crippen molar-refractivity contribution in [3.63, 3.8) is 0 Å². The molecular weight excluding hydrogens is 202 g/mol. The molecule has 0 N–H and O–H groups in total. The van der Waals surface area contributed by atoms with E-state index in [0.29, 0.717) is 12.1 Å². The van der Waals surface area contributed by atoms with Crippen LogP contribution in [0.2, 0.25) is 0 Å². The minimum Gasteiger partial charge on any atom is -0.259 e. The van der Waals surface area contributed by atoms with Gasteiger partial charge >= 0.3 is 0 Å². The van der Waals surface area contributed by atoms with Gasteiger partial charge in [-0.05, 0) is 24.0 Å². The molecule has 0 aromatic heterocycles. The second kappa shape index (κ2) is 6.05. The summed E-state index contributed by atoms with van der Waals surface area (Å²) in [6, 6.07) is 9.53. The molecule has 1 rings (SSSR count). The van der Waals surface area contributed by atoms with Gasteiger partial charge in [-0.15, -0.1) is 0 Å². The Labute approximate surface area is 95.9 Å². The molecule has 0 radical (unpaired) electrons. The van der Waals surface area contributed by atoms with E-state index in [4.69, 9.17) is 0 Å². The highest BCUT2D eigenvalue weighted by Gasteiger charge is 2.12. The third-order valence-electron chi connectivity index (χ3n) is 2.58. The molecule has 1 aromatic carbocycles. The summed E-state index contributed by atoms with van der Waals surface area (Å²) in [7, 11) is 0. The van der Waals surface area contributed by atoms with Crippen molar-refractivity contribution in [2.75, 3.05) is 0 Å². The summed E-state index contributed by atoms with van der Waals surface area (Å²) in [4.78, 5) is 10.6. The van der Waals surface area contributed by atoms with Crippen molar-refractivity contribution in [2.24, 2.45) is 5.92 Å². The SMILES string of the molecule is CCC(C)C=C(Cc1ccccc1)[N+](=O)[O-]. The monoisotopic (exact) mass is 219 g/mol. The Morgan fingerprint density at radius 3 is 2.56 bits per heavy atom. The second-order valence-electron chi connectivity index (χ2n) is 3.96. The van der Waals surface area contributed by atoms with Gasteiger partial charge in [0.05, 0.1) is 11.3 Å². The first-order valence-electron chi connectivity index (χ1n) is 5.52. The quantitative estimate of drug-likeness (QED) is 0.562. The van der Waals surface area contributed by atoms with Crippen LogP contribution < -0.4 is 0 Å². The van der Waals surface area contributed by atoms with Gasteiger partial charge in [-0.1, -0.05) is 44.2 Å². The van der Waals surface area contributed by atoms with Gasteiger partial charge in [-0.3, -0.25) is 10.1 Å². The molecule has 1 unspecified atom stereocenters. The van der Waals surface area contributed by atoms with Gasteiger partial charge < -0.3 is 0 Å². The molecule has 0 aliphatic rings. The lowest BCUT2D eigenvalue weighted by atomic mass is 10.0. The van der Waals surface area contributed by atoms with Gasteiger partial charge in [0.25, 0.3) is 0 Å². The van der Waals surface area contributed by atoms with E-state index in [2.05, 4.69) is 0 Å². The standard InChI is InChI=1S/C13H17NO2/c1-3-11(2)9-13(14(15)16)10-12-7-5-4-6-8-12/h4-9,11H,3,10H2,1-2H3. The predicted molar refractivity (Wildman–Crippen MR) is 64.7 cm³/mol. The topological polar surface area (TPSA) is 43.1 Å². The zero-order chi connectivity index (χ0) is 12.0. The number of nitro groups is 1. The third kappa shape index (κ3) is 3.85.